The summed E-state index contributed by atoms with van der Waals surface area (Å²) < 4.78 is 10.6. The van der Waals surface area contributed by atoms with Crippen molar-refractivity contribution in [3.05, 3.63) is 30.3 Å². The number of guanidine groups is 1. The lowest BCUT2D eigenvalue weighted by Gasteiger charge is -2.21. The fourth-order valence-electron chi connectivity index (χ4n) is 2.85. The van der Waals surface area contributed by atoms with E-state index >= 15 is 0 Å². The van der Waals surface area contributed by atoms with E-state index in [1.54, 1.807) is 7.11 Å². The van der Waals surface area contributed by atoms with E-state index in [4.69, 9.17) is 9.47 Å². The Balaban J connectivity index is 0.00000364. The zero-order valence-electron chi connectivity index (χ0n) is 16.1. The Hall–Kier alpha value is -1.39. The fraction of sp³-hybridized carbons (Fsp3) is 0.579. The number of nitrogens with zero attached hydrogens (tertiary/aromatic N) is 2. The van der Waals surface area contributed by atoms with Gasteiger partial charge in [0.25, 0.3) is 0 Å². The molecule has 7 nitrogen and oxygen atoms in total. The van der Waals surface area contributed by atoms with Crippen molar-refractivity contribution in [2.75, 3.05) is 58.4 Å². The molecular formula is C19H31IN4O3. The van der Waals surface area contributed by atoms with Crippen LogP contribution in [0.5, 0.6) is 0 Å². The third kappa shape index (κ3) is 8.89. The summed E-state index contributed by atoms with van der Waals surface area (Å²) in [5, 5.41) is 6.13. The van der Waals surface area contributed by atoms with Crippen molar-refractivity contribution in [3.63, 3.8) is 0 Å². The normalized spacial score (nSPS) is 16.7. The number of nitrogens with one attached hydrogen (secondary N) is 2. The molecule has 1 aromatic carbocycles. The van der Waals surface area contributed by atoms with Gasteiger partial charge in [0, 0.05) is 38.3 Å². The molecule has 1 heterocycles. The van der Waals surface area contributed by atoms with Crippen LogP contribution in [-0.4, -0.2) is 69.9 Å². The molecule has 1 aromatic rings. The summed E-state index contributed by atoms with van der Waals surface area (Å²) >= 11 is 0. The van der Waals surface area contributed by atoms with Crippen LogP contribution >= 0.6 is 24.0 Å². The smallest absolute Gasteiger partial charge is 0.246 e. The highest BCUT2D eigenvalue weighted by Gasteiger charge is 2.25. The molecule has 152 valence electrons. The van der Waals surface area contributed by atoms with Gasteiger partial charge in [0.2, 0.25) is 5.91 Å². The molecule has 1 saturated heterocycles. The number of carbonyl (C=O) groups is 1. The zero-order valence-corrected chi connectivity index (χ0v) is 18.5. The van der Waals surface area contributed by atoms with Crippen molar-refractivity contribution >= 4 is 41.5 Å². The summed E-state index contributed by atoms with van der Waals surface area (Å²) in [4.78, 5) is 18.8. The number of anilines is 1. The van der Waals surface area contributed by atoms with Crippen molar-refractivity contribution in [3.8, 4) is 0 Å². The molecule has 1 amide bonds. The number of aliphatic imine (C=N–C) groups is 1. The van der Waals surface area contributed by atoms with Crippen molar-refractivity contribution < 1.29 is 14.3 Å². The van der Waals surface area contributed by atoms with E-state index in [-0.39, 0.29) is 36.4 Å². The first-order valence-electron chi connectivity index (χ1n) is 9.17. The molecule has 0 aliphatic carbocycles. The first-order valence-corrected chi connectivity index (χ1v) is 9.17. The quantitative estimate of drug-likeness (QED) is 0.240. The van der Waals surface area contributed by atoms with Crippen LogP contribution in [0.1, 0.15) is 13.3 Å². The third-order valence-electron chi connectivity index (χ3n) is 4.14. The van der Waals surface area contributed by atoms with Gasteiger partial charge in [-0.05, 0) is 25.5 Å². The number of amides is 1. The van der Waals surface area contributed by atoms with Gasteiger partial charge in [-0.2, -0.15) is 0 Å². The summed E-state index contributed by atoms with van der Waals surface area (Å²) in [5.41, 5.74) is 0.784. The van der Waals surface area contributed by atoms with Crippen LogP contribution in [0.3, 0.4) is 0 Å². The summed E-state index contributed by atoms with van der Waals surface area (Å²) in [6.07, 6.45) is 1.06. The third-order valence-corrected chi connectivity index (χ3v) is 4.14. The maximum atomic E-state index is 12.1. The highest BCUT2D eigenvalue weighted by Crippen LogP contribution is 2.16. The van der Waals surface area contributed by atoms with Gasteiger partial charge in [-0.15, -0.1) is 24.0 Å². The summed E-state index contributed by atoms with van der Waals surface area (Å²) in [6, 6.07) is 9.42. The largest absolute Gasteiger partial charge is 0.382 e. The molecule has 2 N–H and O–H groups in total. The molecule has 2 rings (SSSR count). The number of rotatable bonds is 9. The van der Waals surface area contributed by atoms with Crippen LogP contribution in [0.4, 0.5) is 5.69 Å². The number of hydrogen-bond donors (Lipinski definition) is 2. The van der Waals surface area contributed by atoms with Crippen LogP contribution in [0.2, 0.25) is 0 Å². The van der Waals surface area contributed by atoms with Gasteiger partial charge in [0.15, 0.2) is 5.96 Å². The Morgan fingerprint density at radius 3 is 2.78 bits per heavy atom. The van der Waals surface area contributed by atoms with E-state index in [0.29, 0.717) is 19.1 Å². The number of likely N-dealkylation sites (tertiary alicyclic amines) is 1. The minimum Gasteiger partial charge on any atom is -0.382 e. The molecule has 0 aromatic heterocycles. The van der Waals surface area contributed by atoms with Crippen LogP contribution in [0.15, 0.2) is 35.3 Å². The maximum Gasteiger partial charge on any atom is 0.246 e. The summed E-state index contributed by atoms with van der Waals surface area (Å²) in [7, 11) is 1.67. The van der Waals surface area contributed by atoms with E-state index in [2.05, 4.69) is 20.5 Å². The average molecular weight is 490 g/mol. The Morgan fingerprint density at radius 1 is 1.30 bits per heavy atom. The van der Waals surface area contributed by atoms with Gasteiger partial charge in [-0.25, -0.2) is 4.99 Å². The number of hydrogen-bond acceptors (Lipinski definition) is 4. The topological polar surface area (TPSA) is 75.2 Å². The first-order chi connectivity index (χ1) is 12.7. The van der Waals surface area contributed by atoms with Crippen molar-refractivity contribution in [2.24, 2.45) is 10.9 Å². The molecular weight excluding hydrogens is 459 g/mol. The first kappa shape index (κ1) is 23.6. The summed E-state index contributed by atoms with van der Waals surface area (Å²) in [5.74, 6) is 1.15. The predicted molar refractivity (Wildman–Crippen MR) is 119 cm³/mol. The van der Waals surface area contributed by atoms with Gasteiger partial charge in [0.05, 0.1) is 19.8 Å². The Morgan fingerprint density at radius 2 is 2.07 bits per heavy atom. The SMILES string of the molecule is CCNC(=NCC(=O)Nc1ccccc1)N1CCC(COCCOC)C1.I. The van der Waals surface area contributed by atoms with Crippen LogP contribution < -0.4 is 10.6 Å². The van der Waals surface area contributed by atoms with E-state index in [1.165, 1.54) is 0 Å². The molecule has 1 aliphatic rings. The minimum absolute atomic E-state index is 0. The number of ether oxygens (including phenoxy) is 2. The molecule has 8 heteroatoms. The van der Waals surface area contributed by atoms with Crippen LogP contribution in [0, 0.1) is 5.92 Å². The van der Waals surface area contributed by atoms with Crippen molar-refractivity contribution in [2.45, 2.75) is 13.3 Å². The minimum atomic E-state index is -0.120. The molecule has 1 fully saturated rings. The van der Waals surface area contributed by atoms with Crippen molar-refractivity contribution in [1.82, 2.24) is 10.2 Å². The van der Waals surface area contributed by atoms with Gasteiger partial charge >= 0.3 is 0 Å². The van der Waals surface area contributed by atoms with Crippen LogP contribution in [-0.2, 0) is 14.3 Å². The molecule has 0 spiro atoms. The summed E-state index contributed by atoms with van der Waals surface area (Å²) in [6.45, 7) is 6.68. The Labute approximate surface area is 178 Å². The van der Waals surface area contributed by atoms with Gasteiger partial charge in [0.1, 0.15) is 6.54 Å². The number of halogens is 1. The fourth-order valence-corrected chi connectivity index (χ4v) is 2.85. The highest BCUT2D eigenvalue weighted by molar-refractivity contribution is 14.0. The number of para-hydroxylation sites is 1. The zero-order chi connectivity index (χ0) is 18.6. The van der Waals surface area contributed by atoms with Gasteiger partial charge in [-0.3, -0.25) is 4.79 Å². The highest BCUT2D eigenvalue weighted by atomic mass is 127. The number of carbonyl (C=O) groups excluding carboxylic acids is 1. The molecule has 0 saturated carbocycles. The number of methoxy groups -OCH3 is 1. The monoisotopic (exact) mass is 490 g/mol. The second-order valence-corrected chi connectivity index (χ2v) is 6.25. The molecule has 1 unspecified atom stereocenters. The lowest BCUT2D eigenvalue weighted by atomic mass is 10.1. The van der Waals surface area contributed by atoms with E-state index in [9.17, 15) is 4.79 Å². The molecule has 0 radical (unpaired) electrons. The Kier molecular flexibility index (Phi) is 12.0. The average Bonchev–Trinajstić information content (AvgIpc) is 3.12. The standard InChI is InChI=1S/C19H30N4O3.HI/c1-3-20-19(21-13-18(24)22-17-7-5-4-6-8-17)23-10-9-16(14-23)15-26-12-11-25-2;/h4-8,16H,3,9-15H2,1-2H3,(H,20,21)(H,22,24);1H. The molecule has 1 atom stereocenters. The lowest BCUT2D eigenvalue weighted by Crippen LogP contribution is -2.40. The van der Waals surface area contributed by atoms with Crippen molar-refractivity contribution in [1.29, 1.82) is 0 Å². The maximum absolute atomic E-state index is 12.1. The second kappa shape index (κ2) is 13.7. The predicted octanol–water partition coefficient (Wildman–Crippen LogP) is 2.19. The van der Waals surface area contributed by atoms with Gasteiger partial charge in [-0.1, -0.05) is 18.2 Å². The van der Waals surface area contributed by atoms with Gasteiger partial charge < -0.3 is 25.0 Å². The van der Waals surface area contributed by atoms with Crippen LogP contribution in [0.25, 0.3) is 0 Å². The lowest BCUT2D eigenvalue weighted by molar-refractivity contribution is -0.114. The molecule has 0 bridgehead atoms. The molecule has 27 heavy (non-hydrogen) atoms. The second-order valence-electron chi connectivity index (χ2n) is 6.25. The Bertz CT molecular complexity index is 571. The van der Waals surface area contributed by atoms with E-state index in [0.717, 1.165) is 44.3 Å². The van der Waals surface area contributed by atoms with E-state index < -0.39 is 0 Å². The van der Waals surface area contributed by atoms with E-state index in [1.807, 2.05) is 37.3 Å². The molecule has 1 aliphatic heterocycles. The number of benzene rings is 1.